The van der Waals surface area contributed by atoms with Gasteiger partial charge in [-0.25, -0.2) is 5.06 Å². The van der Waals surface area contributed by atoms with Gasteiger partial charge in [0.05, 0.1) is 13.2 Å². The Balaban J connectivity index is 1.65. The van der Waals surface area contributed by atoms with E-state index in [-0.39, 0.29) is 5.91 Å². The summed E-state index contributed by atoms with van der Waals surface area (Å²) in [7, 11) is 1.65. The third-order valence-corrected chi connectivity index (χ3v) is 3.78. The van der Waals surface area contributed by atoms with Crippen LogP contribution in [0.1, 0.15) is 27.0 Å². The fourth-order valence-corrected chi connectivity index (χ4v) is 2.48. The molecule has 1 amide bonds. The Morgan fingerprint density at radius 1 is 1.18 bits per heavy atom. The van der Waals surface area contributed by atoms with Crippen LogP contribution < -0.4 is 0 Å². The van der Waals surface area contributed by atoms with Crippen molar-refractivity contribution in [2.24, 2.45) is 0 Å². The number of hydrogen-bond donors (Lipinski definition) is 0. The van der Waals surface area contributed by atoms with Crippen LogP contribution in [0.2, 0.25) is 0 Å². The minimum absolute atomic E-state index is 0.134. The van der Waals surface area contributed by atoms with Gasteiger partial charge >= 0.3 is 0 Å². The van der Waals surface area contributed by atoms with Gasteiger partial charge in [-0.05, 0) is 35.2 Å². The Bertz CT molecular complexity index is 655. The lowest BCUT2D eigenvalue weighted by Crippen LogP contribution is -2.27. The number of amides is 1. The summed E-state index contributed by atoms with van der Waals surface area (Å²) in [5, 5.41) is 1.30. The molecule has 0 bridgehead atoms. The second-order valence-electron chi connectivity index (χ2n) is 5.35. The van der Waals surface area contributed by atoms with E-state index in [2.05, 4.69) is 0 Å². The van der Waals surface area contributed by atoms with Crippen LogP contribution in [-0.2, 0) is 29.2 Å². The topological polar surface area (TPSA) is 38.8 Å². The number of fused-ring (bicyclic) bond motifs is 1. The maximum atomic E-state index is 12.4. The highest BCUT2D eigenvalue weighted by Crippen LogP contribution is 2.19. The number of ether oxygens (including phenoxy) is 1. The van der Waals surface area contributed by atoms with Crippen LogP contribution in [0.25, 0.3) is 0 Å². The quantitative estimate of drug-likeness (QED) is 0.814. The third-order valence-electron chi connectivity index (χ3n) is 3.78. The molecule has 4 nitrogen and oxygen atoms in total. The molecule has 0 atom stereocenters. The summed E-state index contributed by atoms with van der Waals surface area (Å²) in [6, 6.07) is 15.5. The lowest BCUT2D eigenvalue weighted by atomic mass is 10.00. The molecule has 4 heteroatoms. The first kappa shape index (κ1) is 14.8. The first-order valence-electron chi connectivity index (χ1n) is 7.38. The van der Waals surface area contributed by atoms with E-state index in [9.17, 15) is 4.79 Å². The number of hydroxylamine groups is 2. The minimum atomic E-state index is -0.134. The van der Waals surface area contributed by atoms with Crippen molar-refractivity contribution in [2.45, 2.75) is 19.6 Å². The van der Waals surface area contributed by atoms with Crippen molar-refractivity contribution < 1.29 is 14.4 Å². The number of carbonyl (C=O) groups excluding carboxylic acids is 1. The molecule has 3 rings (SSSR count). The van der Waals surface area contributed by atoms with Crippen molar-refractivity contribution in [3.63, 3.8) is 0 Å². The summed E-state index contributed by atoms with van der Waals surface area (Å²) >= 11 is 0. The molecular weight excluding hydrogens is 278 g/mol. The second-order valence-corrected chi connectivity index (χ2v) is 5.35. The molecule has 2 aromatic carbocycles. The van der Waals surface area contributed by atoms with Crippen molar-refractivity contribution in [3.8, 4) is 0 Å². The predicted molar refractivity (Wildman–Crippen MR) is 83.1 cm³/mol. The molecule has 22 heavy (non-hydrogen) atoms. The summed E-state index contributed by atoms with van der Waals surface area (Å²) in [5.41, 5.74) is 4.03. The Kier molecular flexibility index (Phi) is 4.51. The molecule has 0 spiro atoms. The van der Waals surface area contributed by atoms with Gasteiger partial charge in [0.15, 0.2) is 0 Å². The molecule has 1 heterocycles. The Morgan fingerprint density at radius 3 is 2.82 bits per heavy atom. The standard InChI is InChI=1S/C18H19NO3/c1-19(22-12-14-5-3-2-4-6-14)18(20)16-7-8-17-13-21-10-9-15(17)11-16/h2-8,11H,9-10,12-13H2,1H3. The maximum Gasteiger partial charge on any atom is 0.277 e. The first-order valence-corrected chi connectivity index (χ1v) is 7.38. The molecule has 0 aliphatic carbocycles. The highest BCUT2D eigenvalue weighted by atomic mass is 16.7. The summed E-state index contributed by atoms with van der Waals surface area (Å²) in [6.45, 7) is 1.72. The average Bonchev–Trinajstić information content (AvgIpc) is 2.59. The molecule has 0 radical (unpaired) electrons. The average molecular weight is 297 g/mol. The Labute approximate surface area is 130 Å². The molecule has 0 saturated carbocycles. The van der Waals surface area contributed by atoms with E-state index in [1.165, 1.54) is 10.6 Å². The summed E-state index contributed by atoms with van der Waals surface area (Å²) in [6.07, 6.45) is 0.852. The van der Waals surface area contributed by atoms with Crippen molar-refractivity contribution in [3.05, 3.63) is 70.8 Å². The van der Waals surface area contributed by atoms with E-state index in [0.29, 0.717) is 25.4 Å². The van der Waals surface area contributed by atoms with Gasteiger partial charge in [0.25, 0.3) is 5.91 Å². The molecule has 1 aliphatic heterocycles. The normalized spacial score (nSPS) is 13.5. The van der Waals surface area contributed by atoms with Gasteiger partial charge in [-0.2, -0.15) is 0 Å². The molecule has 0 fully saturated rings. The van der Waals surface area contributed by atoms with Crippen LogP contribution in [0.5, 0.6) is 0 Å². The van der Waals surface area contributed by atoms with Gasteiger partial charge in [-0.3, -0.25) is 9.63 Å². The molecule has 2 aromatic rings. The smallest absolute Gasteiger partial charge is 0.277 e. The van der Waals surface area contributed by atoms with Crippen molar-refractivity contribution in [1.82, 2.24) is 5.06 Å². The van der Waals surface area contributed by atoms with E-state index in [1.807, 2.05) is 48.5 Å². The van der Waals surface area contributed by atoms with E-state index in [1.54, 1.807) is 7.05 Å². The zero-order valence-electron chi connectivity index (χ0n) is 12.6. The van der Waals surface area contributed by atoms with Gasteiger partial charge in [0, 0.05) is 12.6 Å². The fraction of sp³-hybridized carbons (Fsp3) is 0.278. The summed E-state index contributed by atoms with van der Waals surface area (Å²) < 4.78 is 5.41. The van der Waals surface area contributed by atoms with Crippen molar-refractivity contribution in [1.29, 1.82) is 0 Å². The van der Waals surface area contributed by atoms with E-state index >= 15 is 0 Å². The lowest BCUT2D eigenvalue weighted by Gasteiger charge is -2.20. The van der Waals surface area contributed by atoms with Gasteiger partial charge in [-0.15, -0.1) is 0 Å². The Morgan fingerprint density at radius 2 is 2.00 bits per heavy atom. The summed E-state index contributed by atoms with van der Waals surface area (Å²) in [4.78, 5) is 18.0. The highest BCUT2D eigenvalue weighted by molar-refractivity contribution is 5.93. The number of nitrogens with zero attached hydrogens (tertiary/aromatic N) is 1. The molecule has 0 aromatic heterocycles. The minimum Gasteiger partial charge on any atom is -0.376 e. The van der Waals surface area contributed by atoms with Crippen LogP contribution >= 0.6 is 0 Å². The first-order chi connectivity index (χ1) is 10.7. The van der Waals surface area contributed by atoms with Crippen LogP contribution in [0.3, 0.4) is 0 Å². The van der Waals surface area contributed by atoms with Gasteiger partial charge in [-0.1, -0.05) is 36.4 Å². The fourth-order valence-electron chi connectivity index (χ4n) is 2.48. The van der Waals surface area contributed by atoms with E-state index in [0.717, 1.165) is 17.5 Å². The summed E-state index contributed by atoms with van der Waals surface area (Å²) in [5.74, 6) is -0.134. The largest absolute Gasteiger partial charge is 0.376 e. The van der Waals surface area contributed by atoms with Crippen LogP contribution in [0, 0.1) is 0 Å². The predicted octanol–water partition coefficient (Wildman–Crippen LogP) is 2.96. The second kappa shape index (κ2) is 6.73. The molecule has 0 saturated heterocycles. The monoisotopic (exact) mass is 297 g/mol. The molecular formula is C18H19NO3. The zero-order chi connectivity index (χ0) is 15.4. The van der Waals surface area contributed by atoms with Gasteiger partial charge in [0.2, 0.25) is 0 Å². The highest BCUT2D eigenvalue weighted by Gasteiger charge is 2.16. The number of benzene rings is 2. The van der Waals surface area contributed by atoms with E-state index < -0.39 is 0 Å². The number of carbonyl (C=O) groups is 1. The zero-order valence-corrected chi connectivity index (χ0v) is 12.6. The molecule has 1 aliphatic rings. The molecule has 0 unspecified atom stereocenters. The number of hydrogen-bond acceptors (Lipinski definition) is 3. The van der Waals surface area contributed by atoms with Gasteiger partial charge in [0.1, 0.15) is 6.61 Å². The Hall–Kier alpha value is -2.17. The van der Waals surface area contributed by atoms with Crippen molar-refractivity contribution in [2.75, 3.05) is 13.7 Å². The molecule has 0 N–H and O–H groups in total. The third kappa shape index (κ3) is 3.35. The van der Waals surface area contributed by atoms with Crippen LogP contribution in [0.15, 0.2) is 48.5 Å². The number of rotatable bonds is 4. The van der Waals surface area contributed by atoms with Crippen molar-refractivity contribution >= 4 is 5.91 Å². The van der Waals surface area contributed by atoms with Gasteiger partial charge < -0.3 is 4.74 Å². The van der Waals surface area contributed by atoms with E-state index in [4.69, 9.17) is 9.57 Å². The lowest BCUT2D eigenvalue weighted by molar-refractivity contribution is -0.116. The van der Waals surface area contributed by atoms with Crippen LogP contribution in [-0.4, -0.2) is 24.6 Å². The SMILES string of the molecule is CN(OCc1ccccc1)C(=O)c1ccc2c(c1)CCOC2. The maximum absolute atomic E-state index is 12.4. The van der Waals surface area contributed by atoms with Crippen LogP contribution in [0.4, 0.5) is 0 Å². The molecule has 114 valence electrons.